The standard InChI is InChI=1S/C24H33N5O3/c1-24(2,3)32-23(31)28-12-6-9-18(14-28)29-21(25)19(22(26)30)20(27-29)17-11-10-15-7-4-5-8-16(15)13-17/h4-5,7-8,17-18H,6,9-14,25H2,1-3H3,(H2,26,30). The normalized spacial score (nSPS) is 21.2. The molecule has 4 rings (SSSR count). The van der Waals surface area contributed by atoms with Crippen molar-refractivity contribution in [3.63, 3.8) is 0 Å². The lowest BCUT2D eigenvalue weighted by Gasteiger charge is -2.34. The summed E-state index contributed by atoms with van der Waals surface area (Å²) in [6.07, 6.45) is 3.91. The molecule has 2 atom stereocenters. The maximum Gasteiger partial charge on any atom is 0.410 e. The van der Waals surface area contributed by atoms with Crippen molar-refractivity contribution in [2.45, 2.75) is 70.4 Å². The molecule has 1 saturated heterocycles. The predicted molar refractivity (Wildman–Crippen MR) is 122 cm³/mol. The monoisotopic (exact) mass is 439 g/mol. The number of ether oxygens (including phenoxy) is 1. The van der Waals surface area contributed by atoms with Crippen LogP contribution in [0.15, 0.2) is 24.3 Å². The van der Waals surface area contributed by atoms with Gasteiger partial charge in [0, 0.05) is 19.0 Å². The number of aryl methyl sites for hydroxylation is 1. The molecular weight excluding hydrogens is 406 g/mol. The lowest BCUT2D eigenvalue weighted by molar-refractivity contribution is 0.0168. The number of amides is 2. The fraction of sp³-hybridized carbons (Fsp3) is 0.542. The largest absolute Gasteiger partial charge is 0.444 e. The van der Waals surface area contributed by atoms with E-state index in [-0.39, 0.29) is 18.1 Å². The average Bonchev–Trinajstić information content (AvgIpc) is 3.09. The maximum absolute atomic E-state index is 12.6. The lowest BCUT2D eigenvalue weighted by atomic mass is 9.81. The minimum absolute atomic E-state index is 0.0847. The van der Waals surface area contributed by atoms with Gasteiger partial charge in [-0.15, -0.1) is 0 Å². The number of primary amides is 1. The van der Waals surface area contributed by atoms with Crippen molar-refractivity contribution in [2.75, 3.05) is 18.8 Å². The molecule has 1 aromatic carbocycles. The highest BCUT2D eigenvalue weighted by Crippen LogP contribution is 2.37. The van der Waals surface area contributed by atoms with Gasteiger partial charge in [-0.3, -0.25) is 4.79 Å². The minimum atomic E-state index is -0.557. The van der Waals surface area contributed by atoms with Gasteiger partial charge in [0.15, 0.2) is 0 Å². The number of hydrogen-bond donors (Lipinski definition) is 2. The van der Waals surface area contributed by atoms with Crippen LogP contribution in [0.5, 0.6) is 0 Å². The van der Waals surface area contributed by atoms with Crippen LogP contribution < -0.4 is 11.5 Å². The Kier molecular flexibility index (Phi) is 5.88. The molecule has 0 radical (unpaired) electrons. The number of rotatable bonds is 3. The van der Waals surface area contributed by atoms with Gasteiger partial charge in [0.2, 0.25) is 0 Å². The third kappa shape index (κ3) is 4.45. The van der Waals surface area contributed by atoms with E-state index >= 15 is 0 Å². The van der Waals surface area contributed by atoms with Gasteiger partial charge in [-0.1, -0.05) is 24.3 Å². The summed E-state index contributed by atoms with van der Waals surface area (Å²) in [6, 6.07) is 8.25. The Morgan fingerprint density at radius 1 is 1.16 bits per heavy atom. The summed E-state index contributed by atoms with van der Waals surface area (Å²) in [7, 11) is 0. The lowest BCUT2D eigenvalue weighted by Crippen LogP contribution is -2.43. The van der Waals surface area contributed by atoms with Crippen molar-refractivity contribution in [1.82, 2.24) is 14.7 Å². The second-order valence-electron chi connectivity index (χ2n) is 9.89. The summed E-state index contributed by atoms with van der Waals surface area (Å²) in [5, 5.41) is 4.83. The first kappa shape index (κ1) is 22.2. The van der Waals surface area contributed by atoms with Crippen molar-refractivity contribution in [2.24, 2.45) is 5.73 Å². The molecule has 2 amide bonds. The highest BCUT2D eigenvalue weighted by molar-refractivity contribution is 5.98. The number of piperidine rings is 1. The predicted octanol–water partition coefficient (Wildman–Crippen LogP) is 3.41. The summed E-state index contributed by atoms with van der Waals surface area (Å²) in [5.41, 5.74) is 15.2. The van der Waals surface area contributed by atoms with E-state index in [1.165, 1.54) is 11.1 Å². The van der Waals surface area contributed by atoms with Gasteiger partial charge >= 0.3 is 6.09 Å². The number of anilines is 1. The zero-order chi connectivity index (χ0) is 23.0. The molecule has 1 fully saturated rings. The van der Waals surface area contributed by atoms with Crippen LogP contribution in [0.25, 0.3) is 0 Å². The number of hydrogen-bond acceptors (Lipinski definition) is 5. The van der Waals surface area contributed by atoms with E-state index in [1.54, 1.807) is 9.58 Å². The van der Waals surface area contributed by atoms with Crippen LogP contribution in [-0.2, 0) is 17.6 Å². The zero-order valence-corrected chi connectivity index (χ0v) is 19.1. The summed E-state index contributed by atoms with van der Waals surface area (Å²) in [6.45, 7) is 6.62. The van der Waals surface area contributed by atoms with Crippen LogP contribution in [0.4, 0.5) is 10.6 Å². The van der Waals surface area contributed by atoms with E-state index in [0.29, 0.717) is 30.2 Å². The van der Waals surface area contributed by atoms with Crippen molar-refractivity contribution in [3.8, 4) is 0 Å². The van der Waals surface area contributed by atoms with Crippen LogP contribution in [-0.4, -0.2) is 45.4 Å². The Balaban J connectivity index is 1.60. The number of nitrogen functional groups attached to an aromatic ring is 1. The van der Waals surface area contributed by atoms with Crippen molar-refractivity contribution >= 4 is 17.8 Å². The minimum Gasteiger partial charge on any atom is -0.444 e. The van der Waals surface area contributed by atoms with Crippen LogP contribution in [0.3, 0.4) is 0 Å². The summed E-state index contributed by atoms with van der Waals surface area (Å²) < 4.78 is 7.25. The number of carbonyl (C=O) groups is 2. The molecule has 8 nitrogen and oxygen atoms in total. The zero-order valence-electron chi connectivity index (χ0n) is 19.1. The van der Waals surface area contributed by atoms with E-state index in [1.807, 2.05) is 26.8 Å². The summed E-state index contributed by atoms with van der Waals surface area (Å²) in [4.78, 5) is 26.6. The Labute approximate surface area is 188 Å². The first-order valence-electron chi connectivity index (χ1n) is 11.4. The molecule has 2 aliphatic rings. The van der Waals surface area contributed by atoms with Crippen LogP contribution in [0.1, 0.15) is 79.2 Å². The fourth-order valence-electron chi connectivity index (χ4n) is 4.86. The summed E-state index contributed by atoms with van der Waals surface area (Å²) in [5.74, 6) is -0.175. The molecular formula is C24H33N5O3. The van der Waals surface area contributed by atoms with Gasteiger partial charge in [0.1, 0.15) is 17.0 Å². The van der Waals surface area contributed by atoms with Crippen LogP contribution >= 0.6 is 0 Å². The first-order valence-corrected chi connectivity index (χ1v) is 11.4. The second-order valence-corrected chi connectivity index (χ2v) is 9.89. The SMILES string of the molecule is CC(C)(C)OC(=O)N1CCCC(n2nc(C3CCc4ccccc4C3)c(C(N)=O)c2N)C1. The average molecular weight is 440 g/mol. The molecule has 2 heterocycles. The molecule has 172 valence electrons. The maximum atomic E-state index is 12.6. The molecule has 2 aromatic rings. The Hall–Kier alpha value is -3.03. The Morgan fingerprint density at radius 2 is 1.88 bits per heavy atom. The molecule has 2 unspecified atom stereocenters. The number of nitrogens with two attached hydrogens (primary N) is 2. The van der Waals surface area contributed by atoms with Crippen molar-refractivity contribution in [3.05, 3.63) is 46.6 Å². The molecule has 32 heavy (non-hydrogen) atoms. The van der Waals surface area contributed by atoms with Gasteiger partial charge < -0.3 is 21.1 Å². The number of likely N-dealkylation sites (tertiary alicyclic amines) is 1. The van der Waals surface area contributed by atoms with E-state index in [0.717, 1.165) is 32.1 Å². The fourth-order valence-corrected chi connectivity index (χ4v) is 4.86. The molecule has 1 aliphatic heterocycles. The van der Waals surface area contributed by atoms with Crippen LogP contribution in [0, 0.1) is 0 Å². The Bertz CT molecular complexity index is 1020. The smallest absolute Gasteiger partial charge is 0.410 e. The molecule has 0 bridgehead atoms. The summed E-state index contributed by atoms with van der Waals surface area (Å²) >= 11 is 0. The molecule has 1 aliphatic carbocycles. The van der Waals surface area contributed by atoms with Gasteiger partial charge in [-0.25, -0.2) is 9.48 Å². The molecule has 0 saturated carbocycles. The highest BCUT2D eigenvalue weighted by Gasteiger charge is 2.34. The number of fused-ring (bicyclic) bond motifs is 1. The molecule has 0 spiro atoms. The van der Waals surface area contributed by atoms with Crippen molar-refractivity contribution < 1.29 is 14.3 Å². The third-order valence-electron chi connectivity index (χ3n) is 6.35. The topological polar surface area (TPSA) is 116 Å². The quantitative estimate of drug-likeness (QED) is 0.760. The molecule has 1 aromatic heterocycles. The van der Waals surface area contributed by atoms with E-state index in [2.05, 4.69) is 18.2 Å². The van der Waals surface area contributed by atoms with Gasteiger partial charge in [0.25, 0.3) is 5.91 Å². The number of carbonyl (C=O) groups excluding carboxylic acids is 2. The second kappa shape index (κ2) is 8.48. The number of aromatic nitrogens is 2. The van der Waals surface area contributed by atoms with Gasteiger partial charge in [-0.05, 0) is 64.0 Å². The van der Waals surface area contributed by atoms with E-state index < -0.39 is 11.5 Å². The number of nitrogens with zero attached hydrogens (tertiary/aromatic N) is 3. The molecule has 4 N–H and O–H groups in total. The molecule has 8 heteroatoms. The van der Waals surface area contributed by atoms with Crippen molar-refractivity contribution in [1.29, 1.82) is 0 Å². The first-order chi connectivity index (χ1) is 15.1. The number of benzene rings is 1. The Morgan fingerprint density at radius 3 is 2.56 bits per heavy atom. The van der Waals surface area contributed by atoms with Gasteiger partial charge in [-0.2, -0.15) is 5.10 Å². The van der Waals surface area contributed by atoms with E-state index in [4.69, 9.17) is 21.3 Å². The van der Waals surface area contributed by atoms with Gasteiger partial charge in [0.05, 0.1) is 11.7 Å². The third-order valence-corrected chi connectivity index (χ3v) is 6.35. The highest BCUT2D eigenvalue weighted by atomic mass is 16.6. The van der Waals surface area contributed by atoms with Crippen LogP contribution in [0.2, 0.25) is 0 Å². The van der Waals surface area contributed by atoms with E-state index in [9.17, 15) is 9.59 Å².